The summed E-state index contributed by atoms with van der Waals surface area (Å²) in [6.07, 6.45) is 1.84. The molecule has 0 aliphatic heterocycles. The van der Waals surface area contributed by atoms with Gasteiger partial charge in [0.05, 0.1) is 12.2 Å². The van der Waals surface area contributed by atoms with Crippen molar-refractivity contribution >= 4 is 11.3 Å². The Morgan fingerprint density at radius 2 is 2.17 bits per heavy atom. The van der Waals surface area contributed by atoms with Gasteiger partial charge in [0.2, 0.25) is 0 Å². The van der Waals surface area contributed by atoms with E-state index in [1.807, 2.05) is 16.3 Å². The van der Waals surface area contributed by atoms with Crippen molar-refractivity contribution in [1.82, 2.24) is 20.1 Å². The summed E-state index contributed by atoms with van der Waals surface area (Å²) < 4.78 is 2.05. The van der Waals surface area contributed by atoms with Gasteiger partial charge in [0.15, 0.2) is 0 Å². The standard InChI is InChI=1S/C13H20N4S/c1-9(2)15-7-12-10(3)16-17(11(12)4)8-13-14-5-6-18-13/h5-6,9,15H,7-8H2,1-4H3. The van der Waals surface area contributed by atoms with E-state index in [4.69, 9.17) is 0 Å². The SMILES string of the molecule is Cc1nn(Cc2nccs2)c(C)c1CNC(C)C. The molecule has 4 nitrogen and oxygen atoms in total. The highest BCUT2D eigenvalue weighted by atomic mass is 32.1. The third kappa shape index (κ3) is 2.97. The van der Waals surface area contributed by atoms with Crippen molar-refractivity contribution in [1.29, 1.82) is 0 Å². The molecule has 0 spiro atoms. The van der Waals surface area contributed by atoms with Gasteiger partial charge < -0.3 is 5.32 Å². The summed E-state index contributed by atoms with van der Waals surface area (Å²) in [5.74, 6) is 0. The lowest BCUT2D eigenvalue weighted by atomic mass is 10.2. The minimum absolute atomic E-state index is 0.492. The van der Waals surface area contributed by atoms with Crippen LogP contribution in [-0.2, 0) is 13.1 Å². The van der Waals surface area contributed by atoms with Crippen molar-refractivity contribution in [2.24, 2.45) is 0 Å². The van der Waals surface area contributed by atoms with Crippen molar-refractivity contribution < 1.29 is 0 Å². The zero-order valence-corrected chi connectivity index (χ0v) is 12.2. The van der Waals surface area contributed by atoms with Crippen LogP contribution in [0.4, 0.5) is 0 Å². The zero-order valence-electron chi connectivity index (χ0n) is 11.4. The highest BCUT2D eigenvalue weighted by Crippen LogP contribution is 2.15. The molecule has 0 saturated heterocycles. The van der Waals surface area contributed by atoms with Crippen LogP contribution in [0.3, 0.4) is 0 Å². The fraction of sp³-hybridized carbons (Fsp3) is 0.538. The molecule has 0 radical (unpaired) electrons. The van der Waals surface area contributed by atoms with Gasteiger partial charge in [-0.15, -0.1) is 11.3 Å². The highest BCUT2D eigenvalue weighted by molar-refractivity contribution is 7.09. The molecule has 0 bridgehead atoms. The Labute approximate surface area is 112 Å². The summed E-state index contributed by atoms with van der Waals surface area (Å²) in [5.41, 5.74) is 3.65. The van der Waals surface area contributed by atoms with Gasteiger partial charge in [-0.3, -0.25) is 4.68 Å². The van der Waals surface area contributed by atoms with Crippen molar-refractivity contribution in [3.8, 4) is 0 Å². The van der Waals surface area contributed by atoms with Crippen LogP contribution >= 0.6 is 11.3 Å². The van der Waals surface area contributed by atoms with Crippen LogP contribution in [0.25, 0.3) is 0 Å². The first-order valence-corrected chi connectivity index (χ1v) is 7.10. The largest absolute Gasteiger partial charge is 0.310 e. The van der Waals surface area contributed by atoms with Crippen molar-refractivity contribution in [3.63, 3.8) is 0 Å². The van der Waals surface area contributed by atoms with Crippen LogP contribution in [0.1, 0.15) is 35.8 Å². The molecular formula is C13H20N4S. The van der Waals surface area contributed by atoms with Gasteiger partial charge in [0.1, 0.15) is 5.01 Å². The molecule has 0 saturated carbocycles. The fourth-order valence-corrected chi connectivity index (χ4v) is 2.51. The summed E-state index contributed by atoms with van der Waals surface area (Å²) in [6, 6.07) is 0.492. The fourth-order valence-electron chi connectivity index (χ4n) is 1.91. The van der Waals surface area contributed by atoms with Crippen LogP contribution < -0.4 is 5.32 Å². The lowest BCUT2D eigenvalue weighted by molar-refractivity contribution is 0.584. The maximum Gasteiger partial charge on any atom is 0.114 e. The Hall–Kier alpha value is -1.20. The number of hydrogen-bond donors (Lipinski definition) is 1. The van der Waals surface area contributed by atoms with E-state index in [1.165, 1.54) is 11.3 Å². The molecule has 18 heavy (non-hydrogen) atoms. The molecule has 2 rings (SSSR count). The summed E-state index contributed by atoms with van der Waals surface area (Å²) >= 11 is 1.67. The normalized spacial score (nSPS) is 11.4. The average molecular weight is 264 g/mol. The Balaban J connectivity index is 2.15. The number of hydrogen-bond acceptors (Lipinski definition) is 4. The number of nitrogens with zero attached hydrogens (tertiary/aromatic N) is 3. The molecule has 98 valence electrons. The molecule has 0 fully saturated rings. The van der Waals surface area contributed by atoms with Gasteiger partial charge in [-0.25, -0.2) is 4.98 Å². The molecule has 0 atom stereocenters. The Kier molecular flexibility index (Phi) is 4.14. The maximum absolute atomic E-state index is 4.61. The van der Waals surface area contributed by atoms with Gasteiger partial charge in [-0.2, -0.15) is 5.10 Å². The van der Waals surface area contributed by atoms with Crippen LogP contribution in [0.2, 0.25) is 0 Å². The molecule has 0 amide bonds. The lowest BCUT2D eigenvalue weighted by Gasteiger charge is -2.08. The van der Waals surface area contributed by atoms with Crippen LogP contribution in [0.15, 0.2) is 11.6 Å². The highest BCUT2D eigenvalue weighted by Gasteiger charge is 2.12. The molecule has 1 N–H and O–H groups in total. The molecule has 0 unspecified atom stereocenters. The first-order valence-electron chi connectivity index (χ1n) is 6.22. The van der Waals surface area contributed by atoms with Crippen LogP contribution in [0, 0.1) is 13.8 Å². The Morgan fingerprint density at radius 1 is 1.39 bits per heavy atom. The molecule has 0 aromatic carbocycles. The van der Waals surface area contributed by atoms with E-state index < -0.39 is 0 Å². The lowest BCUT2D eigenvalue weighted by Crippen LogP contribution is -2.22. The van der Waals surface area contributed by atoms with E-state index in [-0.39, 0.29) is 0 Å². The summed E-state index contributed by atoms with van der Waals surface area (Å²) in [6.45, 7) is 10.2. The minimum atomic E-state index is 0.492. The van der Waals surface area contributed by atoms with Crippen molar-refractivity contribution in [3.05, 3.63) is 33.5 Å². The van der Waals surface area contributed by atoms with E-state index in [1.54, 1.807) is 11.3 Å². The average Bonchev–Trinajstić information content (AvgIpc) is 2.88. The Morgan fingerprint density at radius 3 is 2.78 bits per heavy atom. The van der Waals surface area contributed by atoms with Gasteiger partial charge in [-0.05, 0) is 13.8 Å². The van der Waals surface area contributed by atoms with E-state index >= 15 is 0 Å². The van der Waals surface area contributed by atoms with Gasteiger partial charge in [0.25, 0.3) is 0 Å². The number of thiazole rings is 1. The molecule has 5 heteroatoms. The molecule has 0 aliphatic carbocycles. The second-order valence-electron chi connectivity index (χ2n) is 4.77. The van der Waals surface area contributed by atoms with Gasteiger partial charge in [-0.1, -0.05) is 13.8 Å². The quantitative estimate of drug-likeness (QED) is 0.902. The van der Waals surface area contributed by atoms with Gasteiger partial charge >= 0.3 is 0 Å². The van der Waals surface area contributed by atoms with Crippen LogP contribution in [-0.4, -0.2) is 20.8 Å². The molecule has 2 heterocycles. The predicted octanol–water partition coefficient (Wildman–Crippen LogP) is 2.50. The number of aromatic nitrogens is 3. The summed E-state index contributed by atoms with van der Waals surface area (Å²) in [5, 5.41) is 11.2. The molecule has 2 aromatic rings. The topological polar surface area (TPSA) is 42.7 Å². The van der Waals surface area contributed by atoms with Gasteiger partial charge in [0, 0.05) is 35.4 Å². The predicted molar refractivity (Wildman–Crippen MR) is 74.9 cm³/mol. The number of rotatable bonds is 5. The zero-order chi connectivity index (χ0) is 13.1. The van der Waals surface area contributed by atoms with Crippen molar-refractivity contribution in [2.45, 2.75) is 46.8 Å². The monoisotopic (exact) mass is 264 g/mol. The summed E-state index contributed by atoms with van der Waals surface area (Å²) in [7, 11) is 0. The van der Waals surface area contributed by atoms with Crippen LogP contribution in [0.5, 0.6) is 0 Å². The second-order valence-corrected chi connectivity index (χ2v) is 5.75. The molecular weight excluding hydrogens is 244 g/mol. The van der Waals surface area contributed by atoms with E-state index in [0.29, 0.717) is 6.04 Å². The first-order chi connectivity index (χ1) is 8.58. The third-order valence-electron chi connectivity index (χ3n) is 2.99. The summed E-state index contributed by atoms with van der Waals surface area (Å²) in [4.78, 5) is 4.31. The minimum Gasteiger partial charge on any atom is -0.310 e. The second kappa shape index (κ2) is 5.63. The van der Waals surface area contributed by atoms with E-state index in [0.717, 1.165) is 23.8 Å². The van der Waals surface area contributed by atoms with Crippen molar-refractivity contribution in [2.75, 3.05) is 0 Å². The van der Waals surface area contributed by atoms with E-state index in [9.17, 15) is 0 Å². The van der Waals surface area contributed by atoms with E-state index in [2.05, 4.69) is 43.1 Å². The molecule has 2 aromatic heterocycles. The third-order valence-corrected chi connectivity index (χ3v) is 3.75. The Bertz CT molecular complexity index is 499. The number of nitrogens with one attached hydrogen (secondary N) is 1. The molecule has 0 aliphatic rings. The maximum atomic E-state index is 4.61. The smallest absolute Gasteiger partial charge is 0.114 e. The first kappa shape index (κ1) is 13.2. The number of aryl methyl sites for hydroxylation is 1.